The van der Waals surface area contributed by atoms with Crippen molar-refractivity contribution < 1.29 is 14.2 Å². The van der Waals surface area contributed by atoms with Gasteiger partial charge in [-0.1, -0.05) is 13.8 Å². The Hall–Kier alpha value is -0.160. The van der Waals surface area contributed by atoms with Crippen LogP contribution < -0.4 is 5.32 Å². The lowest BCUT2D eigenvalue weighted by Gasteiger charge is -2.23. The zero-order chi connectivity index (χ0) is 12.3. The lowest BCUT2D eigenvalue weighted by atomic mass is 9.90. The van der Waals surface area contributed by atoms with Crippen molar-refractivity contribution in [2.24, 2.45) is 5.41 Å². The Morgan fingerprint density at radius 3 is 2.06 bits per heavy atom. The third-order valence-corrected chi connectivity index (χ3v) is 2.38. The normalized spacial score (nSPS) is 12.0. The van der Waals surface area contributed by atoms with Gasteiger partial charge in [0.25, 0.3) is 0 Å². The van der Waals surface area contributed by atoms with Crippen molar-refractivity contribution in [1.29, 1.82) is 0 Å². The second-order valence-corrected chi connectivity index (χ2v) is 4.66. The van der Waals surface area contributed by atoms with E-state index in [4.69, 9.17) is 14.2 Å². The van der Waals surface area contributed by atoms with E-state index in [1.165, 1.54) is 0 Å². The van der Waals surface area contributed by atoms with Gasteiger partial charge in [0.2, 0.25) is 0 Å². The minimum Gasteiger partial charge on any atom is -0.382 e. The van der Waals surface area contributed by atoms with Crippen molar-refractivity contribution in [2.75, 3.05) is 53.7 Å². The van der Waals surface area contributed by atoms with Crippen LogP contribution in [0.3, 0.4) is 0 Å². The number of hydrogen-bond acceptors (Lipinski definition) is 4. The van der Waals surface area contributed by atoms with Gasteiger partial charge in [0.15, 0.2) is 0 Å². The van der Waals surface area contributed by atoms with Crippen LogP contribution in [0.2, 0.25) is 0 Å². The van der Waals surface area contributed by atoms with Crippen LogP contribution >= 0.6 is 0 Å². The SMILES string of the molecule is CNCC(C)(C)CCOCCOCCOC. The second-order valence-electron chi connectivity index (χ2n) is 4.66. The van der Waals surface area contributed by atoms with Gasteiger partial charge in [0, 0.05) is 20.3 Å². The Labute approximate surface area is 99.6 Å². The topological polar surface area (TPSA) is 39.7 Å². The largest absolute Gasteiger partial charge is 0.382 e. The van der Waals surface area contributed by atoms with E-state index in [9.17, 15) is 0 Å². The van der Waals surface area contributed by atoms with Gasteiger partial charge in [-0.25, -0.2) is 0 Å². The van der Waals surface area contributed by atoms with E-state index in [2.05, 4.69) is 19.2 Å². The molecule has 0 aliphatic heterocycles. The quantitative estimate of drug-likeness (QED) is 0.546. The first-order chi connectivity index (χ1) is 7.62. The molecule has 0 heterocycles. The molecule has 0 aliphatic rings. The first-order valence-corrected chi connectivity index (χ1v) is 5.91. The molecule has 1 N–H and O–H groups in total. The molecular weight excluding hydrogens is 206 g/mol. The Kier molecular flexibility index (Phi) is 9.92. The fraction of sp³-hybridized carbons (Fsp3) is 1.00. The highest BCUT2D eigenvalue weighted by Gasteiger charge is 2.15. The van der Waals surface area contributed by atoms with Crippen molar-refractivity contribution in [2.45, 2.75) is 20.3 Å². The molecule has 0 aromatic rings. The highest BCUT2D eigenvalue weighted by Crippen LogP contribution is 2.18. The summed E-state index contributed by atoms with van der Waals surface area (Å²) < 4.78 is 15.7. The van der Waals surface area contributed by atoms with E-state index in [-0.39, 0.29) is 0 Å². The predicted octanol–water partition coefficient (Wildman–Crippen LogP) is 1.30. The molecule has 4 nitrogen and oxygen atoms in total. The van der Waals surface area contributed by atoms with Crippen LogP contribution in [-0.2, 0) is 14.2 Å². The van der Waals surface area contributed by atoms with Crippen molar-refractivity contribution in [3.8, 4) is 0 Å². The van der Waals surface area contributed by atoms with Gasteiger partial charge in [-0.15, -0.1) is 0 Å². The van der Waals surface area contributed by atoms with E-state index >= 15 is 0 Å². The maximum Gasteiger partial charge on any atom is 0.0701 e. The average Bonchev–Trinajstić information content (AvgIpc) is 2.22. The summed E-state index contributed by atoms with van der Waals surface area (Å²) in [6, 6.07) is 0. The van der Waals surface area contributed by atoms with Crippen LogP contribution in [-0.4, -0.2) is 53.7 Å². The fourth-order valence-corrected chi connectivity index (χ4v) is 1.38. The number of nitrogens with one attached hydrogen (secondary N) is 1. The van der Waals surface area contributed by atoms with E-state index in [0.29, 0.717) is 31.8 Å². The molecule has 0 rings (SSSR count). The molecule has 98 valence electrons. The molecule has 0 saturated heterocycles. The van der Waals surface area contributed by atoms with Gasteiger partial charge >= 0.3 is 0 Å². The summed E-state index contributed by atoms with van der Waals surface area (Å²) in [6.45, 7) is 8.89. The van der Waals surface area contributed by atoms with Crippen molar-refractivity contribution in [3.05, 3.63) is 0 Å². The van der Waals surface area contributed by atoms with Crippen LogP contribution in [0.25, 0.3) is 0 Å². The predicted molar refractivity (Wildman–Crippen MR) is 65.8 cm³/mol. The standard InChI is InChI=1S/C12H27NO3/c1-12(2,11-13-3)5-6-15-9-10-16-8-7-14-4/h13H,5-11H2,1-4H3. The van der Waals surface area contributed by atoms with E-state index in [0.717, 1.165) is 19.6 Å². The van der Waals surface area contributed by atoms with Crippen molar-refractivity contribution >= 4 is 0 Å². The lowest BCUT2D eigenvalue weighted by molar-refractivity contribution is 0.0186. The molecule has 0 aromatic heterocycles. The van der Waals surface area contributed by atoms with Crippen LogP contribution in [0.1, 0.15) is 20.3 Å². The molecule has 0 amide bonds. The Morgan fingerprint density at radius 1 is 0.938 bits per heavy atom. The van der Waals surface area contributed by atoms with Crippen LogP contribution in [0.15, 0.2) is 0 Å². The van der Waals surface area contributed by atoms with Gasteiger partial charge in [-0.05, 0) is 18.9 Å². The fourth-order valence-electron chi connectivity index (χ4n) is 1.38. The highest BCUT2D eigenvalue weighted by molar-refractivity contribution is 4.69. The molecule has 4 heteroatoms. The summed E-state index contributed by atoms with van der Waals surface area (Å²) in [5, 5.41) is 3.19. The average molecular weight is 233 g/mol. The number of methoxy groups -OCH3 is 1. The minimum atomic E-state index is 0.297. The molecule has 0 aromatic carbocycles. The summed E-state index contributed by atoms with van der Waals surface area (Å²) in [5.41, 5.74) is 0.297. The molecule has 0 unspecified atom stereocenters. The molecular formula is C12H27NO3. The van der Waals surface area contributed by atoms with E-state index < -0.39 is 0 Å². The monoisotopic (exact) mass is 233 g/mol. The third-order valence-electron chi connectivity index (χ3n) is 2.38. The molecule has 0 bridgehead atoms. The maximum absolute atomic E-state index is 5.50. The lowest BCUT2D eigenvalue weighted by Crippen LogP contribution is -2.28. The van der Waals surface area contributed by atoms with Crippen LogP contribution in [0, 0.1) is 5.41 Å². The van der Waals surface area contributed by atoms with Crippen molar-refractivity contribution in [3.63, 3.8) is 0 Å². The van der Waals surface area contributed by atoms with Gasteiger partial charge < -0.3 is 19.5 Å². The maximum atomic E-state index is 5.50. The Morgan fingerprint density at radius 2 is 1.50 bits per heavy atom. The minimum absolute atomic E-state index is 0.297. The van der Waals surface area contributed by atoms with Gasteiger partial charge in [-0.3, -0.25) is 0 Å². The Bertz CT molecular complexity index is 151. The zero-order valence-corrected chi connectivity index (χ0v) is 11.2. The Balaban J connectivity index is 3.20. The van der Waals surface area contributed by atoms with Gasteiger partial charge in [-0.2, -0.15) is 0 Å². The number of hydrogen-bond donors (Lipinski definition) is 1. The molecule has 0 fully saturated rings. The summed E-state index contributed by atoms with van der Waals surface area (Å²) in [6.07, 6.45) is 1.06. The molecule has 0 aliphatic carbocycles. The van der Waals surface area contributed by atoms with Crippen LogP contribution in [0.4, 0.5) is 0 Å². The summed E-state index contributed by atoms with van der Waals surface area (Å²) in [4.78, 5) is 0. The van der Waals surface area contributed by atoms with Crippen LogP contribution in [0.5, 0.6) is 0 Å². The molecule has 0 saturated carbocycles. The summed E-state index contributed by atoms with van der Waals surface area (Å²) >= 11 is 0. The van der Waals surface area contributed by atoms with E-state index in [1.54, 1.807) is 7.11 Å². The first-order valence-electron chi connectivity index (χ1n) is 5.91. The summed E-state index contributed by atoms with van der Waals surface area (Å²) in [5.74, 6) is 0. The second kappa shape index (κ2) is 10.0. The first kappa shape index (κ1) is 15.8. The smallest absolute Gasteiger partial charge is 0.0701 e. The molecule has 0 spiro atoms. The summed E-state index contributed by atoms with van der Waals surface area (Å²) in [7, 11) is 3.65. The molecule has 0 radical (unpaired) electrons. The molecule has 16 heavy (non-hydrogen) atoms. The van der Waals surface area contributed by atoms with Crippen molar-refractivity contribution in [1.82, 2.24) is 5.32 Å². The number of ether oxygens (including phenoxy) is 3. The highest BCUT2D eigenvalue weighted by atomic mass is 16.5. The van der Waals surface area contributed by atoms with Gasteiger partial charge in [0.1, 0.15) is 0 Å². The van der Waals surface area contributed by atoms with E-state index in [1.807, 2.05) is 7.05 Å². The van der Waals surface area contributed by atoms with Gasteiger partial charge in [0.05, 0.1) is 26.4 Å². The zero-order valence-electron chi connectivity index (χ0n) is 11.2. The third kappa shape index (κ3) is 10.4. The number of rotatable bonds is 11. The molecule has 0 atom stereocenters.